The second kappa shape index (κ2) is 7.30. The summed E-state index contributed by atoms with van der Waals surface area (Å²) in [5.74, 6) is 0.400. The Kier molecular flexibility index (Phi) is 5.59. The van der Waals surface area contributed by atoms with Gasteiger partial charge in [-0.25, -0.2) is 9.67 Å². The first-order valence-corrected chi connectivity index (χ1v) is 8.58. The molecule has 0 saturated heterocycles. The van der Waals surface area contributed by atoms with E-state index in [0.29, 0.717) is 18.0 Å². The standard InChI is InChI=1S/C18H29N5O/c1-11(2)16(19)7-8-22(6)18(24)14-9-13(5)21-17-15(14)10-20-23(17)12(3)4/h9-12,16H,7-8,19H2,1-6H3. The van der Waals surface area contributed by atoms with E-state index >= 15 is 0 Å². The van der Waals surface area contributed by atoms with Crippen LogP contribution in [-0.4, -0.2) is 45.2 Å². The van der Waals surface area contributed by atoms with Crippen LogP contribution in [-0.2, 0) is 0 Å². The highest BCUT2D eigenvalue weighted by atomic mass is 16.2. The lowest BCUT2D eigenvalue weighted by molar-refractivity contribution is 0.0791. The Morgan fingerprint density at radius 2 is 2.00 bits per heavy atom. The SMILES string of the molecule is Cc1cc(C(=O)N(C)CCC(N)C(C)C)c2cnn(C(C)C)c2n1. The van der Waals surface area contributed by atoms with Gasteiger partial charge in [0, 0.05) is 31.4 Å². The molecule has 0 fully saturated rings. The van der Waals surface area contributed by atoms with E-state index in [1.807, 2.05) is 24.7 Å². The first-order valence-electron chi connectivity index (χ1n) is 8.58. The van der Waals surface area contributed by atoms with Crippen molar-refractivity contribution in [3.05, 3.63) is 23.5 Å². The van der Waals surface area contributed by atoms with Gasteiger partial charge in [-0.1, -0.05) is 13.8 Å². The van der Waals surface area contributed by atoms with Gasteiger partial charge in [-0.05, 0) is 39.2 Å². The van der Waals surface area contributed by atoms with E-state index in [1.54, 1.807) is 11.1 Å². The number of rotatable bonds is 6. The average molecular weight is 331 g/mol. The molecule has 1 atom stereocenters. The molecule has 2 aromatic rings. The molecule has 24 heavy (non-hydrogen) atoms. The van der Waals surface area contributed by atoms with E-state index < -0.39 is 0 Å². The van der Waals surface area contributed by atoms with Gasteiger partial charge in [-0.2, -0.15) is 5.10 Å². The van der Waals surface area contributed by atoms with Crippen molar-refractivity contribution in [1.82, 2.24) is 19.7 Å². The number of nitrogens with two attached hydrogens (primary N) is 1. The number of hydrogen-bond donors (Lipinski definition) is 1. The quantitative estimate of drug-likeness (QED) is 0.883. The maximum absolute atomic E-state index is 12.9. The topological polar surface area (TPSA) is 77.0 Å². The molecule has 2 heterocycles. The molecule has 0 spiro atoms. The number of amides is 1. The highest BCUT2D eigenvalue weighted by molar-refractivity contribution is 6.05. The largest absolute Gasteiger partial charge is 0.342 e. The van der Waals surface area contributed by atoms with Crippen LogP contribution < -0.4 is 5.73 Å². The Morgan fingerprint density at radius 1 is 1.33 bits per heavy atom. The molecule has 0 aliphatic carbocycles. The molecule has 0 aliphatic heterocycles. The van der Waals surface area contributed by atoms with E-state index in [-0.39, 0.29) is 18.0 Å². The molecule has 0 aliphatic rings. The summed E-state index contributed by atoms with van der Waals surface area (Å²) in [6.07, 6.45) is 2.53. The lowest BCUT2D eigenvalue weighted by Crippen LogP contribution is -2.34. The number of hydrogen-bond acceptors (Lipinski definition) is 4. The van der Waals surface area contributed by atoms with Gasteiger partial charge in [-0.3, -0.25) is 4.79 Å². The highest BCUT2D eigenvalue weighted by Gasteiger charge is 2.20. The van der Waals surface area contributed by atoms with Gasteiger partial charge >= 0.3 is 0 Å². The maximum atomic E-state index is 12.9. The minimum atomic E-state index is -0.00948. The van der Waals surface area contributed by atoms with Crippen LogP contribution in [0.5, 0.6) is 0 Å². The van der Waals surface area contributed by atoms with Crippen LogP contribution in [0.2, 0.25) is 0 Å². The zero-order chi connectivity index (χ0) is 18.0. The van der Waals surface area contributed by atoms with Crippen LogP contribution >= 0.6 is 0 Å². The molecule has 2 aromatic heterocycles. The number of aromatic nitrogens is 3. The van der Waals surface area contributed by atoms with Crippen molar-refractivity contribution in [1.29, 1.82) is 0 Å². The number of aryl methyl sites for hydroxylation is 1. The molecule has 0 bridgehead atoms. The Morgan fingerprint density at radius 3 is 2.58 bits per heavy atom. The number of fused-ring (bicyclic) bond motifs is 1. The van der Waals surface area contributed by atoms with Gasteiger partial charge in [0.05, 0.1) is 17.1 Å². The molecule has 0 aromatic carbocycles. The van der Waals surface area contributed by atoms with Crippen molar-refractivity contribution < 1.29 is 4.79 Å². The Hall–Kier alpha value is -1.95. The van der Waals surface area contributed by atoms with Crippen molar-refractivity contribution in [2.24, 2.45) is 11.7 Å². The average Bonchev–Trinajstić information content (AvgIpc) is 2.94. The molecule has 6 heteroatoms. The summed E-state index contributed by atoms with van der Waals surface area (Å²) in [6.45, 7) is 10.8. The van der Waals surface area contributed by atoms with Gasteiger partial charge < -0.3 is 10.6 Å². The minimum absolute atomic E-state index is 0.00948. The second-order valence-corrected chi connectivity index (χ2v) is 7.15. The molecule has 2 rings (SSSR count). The summed E-state index contributed by atoms with van der Waals surface area (Å²) in [5.41, 5.74) is 8.34. The van der Waals surface area contributed by atoms with E-state index in [2.05, 4.69) is 37.8 Å². The lowest BCUT2D eigenvalue weighted by atomic mass is 10.0. The molecule has 6 nitrogen and oxygen atoms in total. The lowest BCUT2D eigenvalue weighted by Gasteiger charge is -2.22. The number of carbonyl (C=O) groups excluding carboxylic acids is 1. The maximum Gasteiger partial charge on any atom is 0.254 e. The van der Waals surface area contributed by atoms with Crippen molar-refractivity contribution in [3.8, 4) is 0 Å². The van der Waals surface area contributed by atoms with Crippen molar-refractivity contribution in [3.63, 3.8) is 0 Å². The van der Waals surface area contributed by atoms with Crippen LogP contribution in [0, 0.1) is 12.8 Å². The molecule has 0 saturated carbocycles. The molecule has 0 radical (unpaired) electrons. The third kappa shape index (κ3) is 3.75. The highest BCUT2D eigenvalue weighted by Crippen LogP contribution is 2.22. The molecule has 132 valence electrons. The van der Waals surface area contributed by atoms with Crippen LogP contribution in [0.3, 0.4) is 0 Å². The minimum Gasteiger partial charge on any atom is -0.342 e. The van der Waals surface area contributed by atoms with Crippen molar-refractivity contribution in [2.45, 2.75) is 53.1 Å². The predicted octanol–water partition coefficient (Wildman–Crippen LogP) is 2.77. The normalized spacial score (nSPS) is 13.0. The summed E-state index contributed by atoms with van der Waals surface area (Å²) in [5, 5.41) is 5.20. The fraction of sp³-hybridized carbons (Fsp3) is 0.611. The summed E-state index contributed by atoms with van der Waals surface area (Å²) in [7, 11) is 1.82. The number of carbonyl (C=O) groups is 1. The van der Waals surface area contributed by atoms with Crippen LogP contribution in [0.4, 0.5) is 0 Å². The van der Waals surface area contributed by atoms with Gasteiger partial charge in [0.15, 0.2) is 5.65 Å². The van der Waals surface area contributed by atoms with Crippen LogP contribution in [0.25, 0.3) is 11.0 Å². The van der Waals surface area contributed by atoms with Gasteiger partial charge in [-0.15, -0.1) is 0 Å². The molecule has 2 N–H and O–H groups in total. The fourth-order valence-electron chi connectivity index (χ4n) is 2.68. The number of nitrogens with zero attached hydrogens (tertiary/aromatic N) is 4. The molecular weight excluding hydrogens is 302 g/mol. The van der Waals surface area contributed by atoms with Gasteiger partial charge in [0.2, 0.25) is 0 Å². The van der Waals surface area contributed by atoms with Crippen LogP contribution in [0.15, 0.2) is 12.3 Å². The first kappa shape index (κ1) is 18.4. The smallest absolute Gasteiger partial charge is 0.254 e. The fourth-order valence-corrected chi connectivity index (χ4v) is 2.68. The summed E-state index contributed by atoms with van der Waals surface area (Å²) in [6, 6.07) is 2.14. The van der Waals surface area contributed by atoms with Crippen molar-refractivity contribution in [2.75, 3.05) is 13.6 Å². The summed E-state index contributed by atoms with van der Waals surface area (Å²) < 4.78 is 1.85. The Balaban J connectivity index is 2.29. The van der Waals surface area contributed by atoms with E-state index in [0.717, 1.165) is 23.1 Å². The monoisotopic (exact) mass is 331 g/mol. The first-order chi connectivity index (χ1) is 11.2. The van der Waals surface area contributed by atoms with Crippen molar-refractivity contribution >= 4 is 16.9 Å². The number of pyridine rings is 1. The van der Waals surface area contributed by atoms with E-state index in [1.165, 1.54) is 0 Å². The third-order valence-corrected chi connectivity index (χ3v) is 4.42. The Labute approximate surface area is 144 Å². The third-order valence-electron chi connectivity index (χ3n) is 4.42. The summed E-state index contributed by atoms with van der Waals surface area (Å²) >= 11 is 0. The zero-order valence-corrected chi connectivity index (χ0v) is 15.6. The van der Waals surface area contributed by atoms with E-state index in [9.17, 15) is 4.79 Å². The van der Waals surface area contributed by atoms with Gasteiger partial charge in [0.25, 0.3) is 5.91 Å². The summed E-state index contributed by atoms with van der Waals surface area (Å²) in [4.78, 5) is 19.2. The molecular formula is C18H29N5O. The predicted molar refractivity (Wildman–Crippen MR) is 97.0 cm³/mol. The Bertz CT molecular complexity index is 720. The second-order valence-electron chi connectivity index (χ2n) is 7.15. The molecule has 1 unspecified atom stereocenters. The molecule has 1 amide bonds. The van der Waals surface area contributed by atoms with E-state index in [4.69, 9.17) is 5.73 Å². The zero-order valence-electron chi connectivity index (χ0n) is 15.6. The van der Waals surface area contributed by atoms with Gasteiger partial charge in [0.1, 0.15) is 0 Å². The van der Waals surface area contributed by atoms with Crippen LogP contribution in [0.1, 0.15) is 56.2 Å².